The predicted octanol–water partition coefficient (Wildman–Crippen LogP) is 4.30. The van der Waals surface area contributed by atoms with E-state index in [0.717, 1.165) is 45.4 Å². The van der Waals surface area contributed by atoms with Gasteiger partial charge in [-0.05, 0) is 45.6 Å². The molecule has 1 aliphatic heterocycles. The minimum absolute atomic E-state index is 0.161. The maximum absolute atomic E-state index is 12.5. The van der Waals surface area contributed by atoms with Crippen LogP contribution in [0.2, 0.25) is 0 Å². The molecule has 1 amide bonds. The van der Waals surface area contributed by atoms with Gasteiger partial charge in [-0.2, -0.15) is 0 Å². The Morgan fingerprint density at radius 1 is 1.21 bits per heavy atom. The summed E-state index contributed by atoms with van der Waals surface area (Å²) in [6, 6.07) is 10.9. The van der Waals surface area contributed by atoms with Crippen molar-refractivity contribution in [2.75, 3.05) is 19.6 Å². The fourth-order valence-corrected chi connectivity index (χ4v) is 3.22. The average molecular weight is 332 g/mol. The minimum Gasteiger partial charge on any atom is -0.444 e. The molecule has 1 aromatic carbocycles. The Morgan fingerprint density at radius 2 is 1.83 bits per heavy atom. The molecular weight excluding hydrogens is 300 g/mol. The Hall–Kier alpha value is -1.55. The van der Waals surface area contributed by atoms with Crippen LogP contribution < -0.4 is 0 Å². The third kappa shape index (κ3) is 5.82. The fraction of sp³-hybridized carbons (Fsp3) is 0.650. The summed E-state index contributed by atoms with van der Waals surface area (Å²) in [6.45, 7) is 11.7. The molecule has 0 unspecified atom stereocenters. The van der Waals surface area contributed by atoms with Crippen LogP contribution in [0, 0.1) is 0 Å². The molecule has 2 rings (SSSR count). The molecule has 0 atom stereocenters. The number of carbonyl (C=O) groups is 1. The lowest BCUT2D eigenvalue weighted by atomic mass is 10.0. The topological polar surface area (TPSA) is 32.8 Å². The van der Waals surface area contributed by atoms with E-state index in [4.69, 9.17) is 4.74 Å². The van der Waals surface area contributed by atoms with Gasteiger partial charge in [0.1, 0.15) is 5.60 Å². The molecule has 0 aromatic heterocycles. The standard InChI is InChI=1S/C20H32N2O2/c1-5-13-22(19(23)24-20(2,3)4)18-11-14-21(15-12-18)16-17-9-7-6-8-10-17/h6-10,18H,5,11-16H2,1-4H3. The van der Waals surface area contributed by atoms with Crippen molar-refractivity contribution in [3.8, 4) is 0 Å². The zero-order valence-electron chi connectivity index (χ0n) is 15.6. The van der Waals surface area contributed by atoms with E-state index in [0.29, 0.717) is 6.04 Å². The van der Waals surface area contributed by atoms with Crippen LogP contribution in [0.4, 0.5) is 4.79 Å². The SMILES string of the molecule is CCCN(C(=O)OC(C)(C)C)C1CCN(Cc2ccccc2)CC1. The maximum Gasteiger partial charge on any atom is 0.410 e. The normalized spacial score (nSPS) is 16.8. The van der Waals surface area contributed by atoms with Crippen LogP contribution in [0.5, 0.6) is 0 Å². The summed E-state index contributed by atoms with van der Waals surface area (Å²) in [5.41, 5.74) is 0.922. The van der Waals surface area contributed by atoms with Gasteiger partial charge in [-0.25, -0.2) is 4.79 Å². The number of hydrogen-bond acceptors (Lipinski definition) is 3. The van der Waals surface area contributed by atoms with E-state index in [1.807, 2.05) is 25.7 Å². The molecule has 134 valence electrons. The lowest BCUT2D eigenvalue weighted by Gasteiger charge is -2.39. The molecular formula is C20H32N2O2. The number of benzene rings is 1. The van der Waals surface area contributed by atoms with Crippen LogP contribution in [0.25, 0.3) is 0 Å². The highest BCUT2D eigenvalue weighted by Gasteiger charge is 2.30. The first kappa shape index (κ1) is 18.8. The van der Waals surface area contributed by atoms with Crippen molar-refractivity contribution in [3.63, 3.8) is 0 Å². The highest BCUT2D eigenvalue weighted by atomic mass is 16.6. The summed E-state index contributed by atoms with van der Waals surface area (Å²) in [6.07, 6.45) is 2.84. The summed E-state index contributed by atoms with van der Waals surface area (Å²) < 4.78 is 5.60. The van der Waals surface area contributed by atoms with E-state index >= 15 is 0 Å². The van der Waals surface area contributed by atoms with E-state index in [9.17, 15) is 4.79 Å². The Labute approximate surface area is 146 Å². The van der Waals surface area contributed by atoms with Crippen molar-refractivity contribution in [1.29, 1.82) is 0 Å². The zero-order valence-corrected chi connectivity index (χ0v) is 15.6. The lowest BCUT2D eigenvalue weighted by molar-refractivity contribution is 0.00779. The van der Waals surface area contributed by atoms with Crippen LogP contribution in [-0.2, 0) is 11.3 Å². The van der Waals surface area contributed by atoms with Gasteiger partial charge < -0.3 is 9.64 Å². The van der Waals surface area contributed by atoms with E-state index in [-0.39, 0.29) is 6.09 Å². The van der Waals surface area contributed by atoms with Crippen molar-refractivity contribution in [2.45, 2.75) is 65.1 Å². The Balaban J connectivity index is 1.89. The maximum atomic E-state index is 12.5. The molecule has 0 bridgehead atoms. The minimum atomic E-state index is -0.433. The van der Waals surface area contributed by atoms with Gasteiger partial charge in [0.15, 0.2) is 0 Å². The molecule has 0 aliphatic carbocycles. The smallest absolute Gasteiger partial charge is 0.410 e. The zero-order chi connectivity index (χ0) is 17.6. The number of hydrogen-bond donors (Lipinski definition) is 0. The summed E-state index contributed by atoms with van der Waals surface area (Å²) >= 11 is 0. The van der Waals surface area contributed by atoms with Crippen molar-refractivity contribution < 1.29 is 9.53 Å². The van der Waals surface area contributed by atoms with Gasteiger partial charge in [-0.3, -0.25) is 4.90 Å². The van der Waals surface area contributed by atoms with Gasteiger partial charge in [0.25, 0.3) is 0 Å². The highest BCUT2D eigenvalue weighted by Crippen LogP contribution is 2.21. The van der Waals surface area contributed by atoms with Crippen molar-refractivity contribution in [1.82, 2.24) is 9.80 Å². The predicted molar refractivity (Wildman–Crippen MR) is 98.0 cm³/mol. The van der Waals surface area contributed by atoms with Gasteiger partial charge in [0, 0.05) is 32.2 Å². The second-order valence-electron chi connectivity index (χ2n) is 7.67. The first-order chi connectivity index (χ1) is 11.4. The van der Waals surface area contributed by atoms with E-state index in [1.54, 1.807) is 0 Å². The molecule has 0 radical (unpaired) electrons. The quantitative estimate of drug-likeness (QED) is 0.806. The number of rotatable bonds is 5. The van der Waals surface area contributed by atoms with E-state index in [2.05, 4.69) is 42.2 Å². The second kappa shape index (κ2) is 8.52. The number of ether oxygens (including phenoxy) is 1. The third-order valence-corrected chi connectivity index (χ3v) is 4.34. The molecule has 4 nitrogen and oxygen atoms in total. The fourth-order valence-electron chi connectivity index (χ4n) is 3.22. The van der Waals surface area contributed by atoms with Crippen LogP contribution in [0.15, 0.2) is 30.3 Å². The van der Waals surface area contributed by atoms with Gasteiger partial charge in [-0.1, -0.05) is 37.3 Å². The van der Waals surface area contributed by atoms with Gasteiger partial charge in [0.2, 0.25) is 0 Å². The van der Waals surface area contributed by atoms with Crippen LogP contribution in [0.3, 0.4) is 0 Å². The molecule has 4 heteroatoms. The first-order valence-electron chi connectivity index (χ1n) is 9.15. The lowest BCUT2D eigenvalue weighted by Crippen LogP contribution is -2.49. The van der Waals surface area contributed by atoms with Crippen molar-refractivity contribution >= 4 is 6.09 Å². The Bertz CT molecular complexity index is 502. The number of likely N-dealkylation sites (tertiary alicyclic amines) is 1. The first-order valence-corrected chi connectivity index (χ1v) is 9.15. The number of carbonyl (C=O) groups excluding carboxylic acids is 1. The molecule has 0 N–H and O–H groups in total. The van der Waals surface area contributed by atoms with Crippen molar-refractivity contribution in [3.05, 3.63) is 35.9 Å². The highest BCUT2D eigenvalue weighted by molar-refractivity contribution is 5.68. The summed E-state index contributed by atoms with van der Waals surface area (Å²) in [5.74, 6) is 0. The van der Waals surface area contributed by atoms with Crippen LogP contribution in [0.1, 0.15) is 52.5 Å². The second-order valence-corrected chi connectivity index (χ2v) is 7.67. The molecule has 1 aliphatic rings. The van der Waals surface area contributed by atoms with Gasteiger partial charge in [-0.15, -0.1) is 0 Å². The van der Waals surface area contributed by atoms with Crippen LogP contribution >= 0.6 is 0 Å². The third-order valence-electron chi connectivity index (χ3n) is 4.34. The summed E-state index contributed by atoms with van der Waals surface area (Å²) in [7, 11) is 0. The number of amides is 1. The Morgan fingerprint density at radius 3 is 2.38 bits per heavy atom. The molecule has 0 saturated carbocycles. The van der Waals surface area contributed by atoms with Gasteiger partial charge in [0.05, 0.1) is 0 Å². The van der Waals surface area contributed by atoms with E-state index in [1.165, 1.54) is 5.56 Å². The number of piperidine rings is 1. The van der Waals surface area contributed by atoms with Gasteiger partial charge >= 0.3 is 6.09 Å². The molecule has 24 heavy (non-hydrogen) atoms. The van der Waals surface area contributed by atoms with Crippen LogP contribution in [-0.4, -0.2) is 47.2 Å². The Kier molecular flexibility index (Phi) is 6.67. The molecule has 0 spiro atoms. The molecule has 1 aromatic rings. The van der Waals surface area contributed by atoms with E-state index < -0.39 is 5.60 Å². The number of nitrogens with zero attached hydrogens (tertiary/aromatic N) is 2. The molecule has 1 heterocycles. The molecule has 1 fully saturated rings. The summed E-state index contributed by atoms with van der Waals surface area (Å²) in [5, 5.41) is 0. The molecule has 1 saturated heterocycles. The average Bonchev–Trinajstić information content (AvgIpc) is 2.53. The largest absolute Gasteiger partial charge is 0.444 e. The van der Waals surface area contributed by atoms with Crippen molar-refractivity contribution in [2.24, 2.45) is 0 Å². The summed E-state index contributed by atoms with van der Waals surface area (Å²) in [4.78, 5) is 16.9. The monoisotopic (exact) mass is 332 g/mol.